The summed E-state index contributed by atoms with van der Waals surface area (Å²) in [7, 11) is -3.87. The number of hydrogen-bond donors (Lipinski definition) is 2. The van der Waals surface area contributed by atoms with Crippen LogP contribution in [-0.2, 0) is 14.8 Å². The molecule has 9 heteroatoms. The fraction of sp³-hybridized carbons (Fsp3) is 0.133. The van der Waals surface area contributed by atoms with Crippen LogP contribution in [0, 0.1) is 6.92 Å². The Labute approximate surface area is 149 Å². The van der Waals surface area contributed by atoms with Gasteiger partial charge in [0, 0.05) is 11.8 Å². The van der Waals surface area contributed by atoms with Crippen molar-refractivity contribution in [1.82, 2.24) is 0 Å². The maximum absolute atomic E-state index is 11.9. The van der Waals surface area contributed by atoms with E-state index in [9.17, 15) is 13.2 Å². The van der Waals surface area contributed by atoms with Crippen molar-refractivity contribution in [2.24, 2.45) is 5.14 Å². The normalized spacial score (nSPS) is 11.2. The summed E-state index contributed by atoms with van der Waals surface area (Å²) in [5.74, 6) is -0.0843. The largest absolute Gasteiger partial charge is 0.484 e. The number of nitrogens with one attached hydrogen (secondary N) is 1. The van der Waals surface area contributed by atoms with E-state index in [4.69, 9.17) is 33.1 Å². The van der Waals surface area contributed by atoms with Gasteiger partial charge in [0.25, 0.3) is 5.91 Å². The van der Waals surface area contributed by atoms with Gasteiger partial charge in [0.15, 0.2) is 6.61 Å². The van der Waals surface area contributed by atoms with Crippen molar-refractivity contribution in [3.8, 4) is 5.75 Å². The van der Waals surface area contributed by atoms with Crippen molar-refractivity contribution in [2.75, 3.05) is 11.9 Å². The van der Waals surface area contributed by atoms with Gasteiger partial charge in [-0.2, -0.15) is 0 Å². The van der Waals surface area contributed by atoms with Gasteiger partial charge in [-0.1, -0.05) is 29.3 Å². The summed E-state index contributed by atoms with van der Waals surface area (Å²) in [6, 6.07) is 9.03. The molecule has 0 saturated carbocycles. The van der Waals surface area contributed by atoms with Gasteiger partial charge in [0.1, 0.15) is 5.75 Å². The number of carbonyl (C=O) groups excluding carboxylic acids is 1. The predicted octanol–water partition coefficient (Wildman–Crippen LogP) is 2.97. The lowest BCUT2D eigenvalue weighted by Gasteiger charge is -2.10. The molecule has 0 heterocycles. The van der Waals surface area contributed by atoms with Gasteiger partial charge in [0.2, 0.25) is 10.0 Å². The summed E-state index contributed by atoms with van der Waals surface area (Å²) in [5.41, 5.74) is 0.787. The second kappa shape index (κ2) is 7.40. The molecule has 0 aliphatic rings. The van der Waals surface area contributed by atoms with Gasteiger partial charge >= 0.3 is 0 Å². The highest BCUT2D eigenvalue weighted by atomic mass is 35.5. The van der Waals surface area contributed by atoms with Crippen LogP contribution in [0.3, 0.4) is 0 Å². The van der Waals surface area contributed by atoms with Crippen LogP contribution in [0.4, 0.5) is 5.69 Å². The number of ether oxygens (including phenoxy) is 1. The molecule has 0 fully saturated rings. The maximum Gasteiger partial charge on any atom is 0.262 e. The Morgan fingerprint density at radius 2 is 1.88 bits per heavy atom. The molecule has 0 radical (unpaired) electrons. The second-order valence-electron chi connectivity index (χ2n) is 4.94. The van der Waals surface area contributed by atoms with Crippen LogP contribution < -0.4 is 15.2 Å². The zero-order valence-electron chi connectivity index (χ0n) is 12.5. The zero-order chi connectivity index (χ0) is 17.9. The summed E-state index contributed by atoms with van der Waals surface area (Å²) < 4.78 is 28.3. The number of benzene rings is 2. The van der Waals surface area contributed by atoms with Crippen molar-refractivity contribution < 1.29 is 17.9 Å². The third-order valence-corrected chi connectivity index (χ3v) is 4.83. The molecular formula is C15H14Cl2N2O4S. The molecule has 0 saturated heterocycles. The third kappa shape index (κ3) is 4.85. The number of primary sulfonamides is 1. The van der Waals surface area contributed by atoms with E-state index < -0.39 is 15.9 Å². The van der Waals surface area contributed by atoms with E-state index in [-0.39, 0.29) is 11.5 Å². The molecule has 0 aliphatic carbocycles. The molecular weight excluding hydrogens is 375 g/mol. The first-order chi connectivity index (χ1) is 11.2. The smallest absolute Gasteiger partial charge is 0.262 e. The first-order valence-corrected chi connectivity index (χ1v) is 8.98. The van der Waals surface area contributed by atoms with Crippen LogP contribution >= 0.6 is 23.2 Å². The Kier molecular flexibility index (Phi) is 5.71. The van der Waals surface area contributed by atoms with Crippen LogP contribution in [0.15, 0.2) is 41.3 Å². The summed E-state index contributed by atoms with van der Waals surface area (Å²) in [6.07, 6.45) is 0. The molecule has 0 unspecified atom stereocenters. The highest BCUT2D eigenvalue weighted by Crippen LogP contribution is 2.26. The molecule has 0 bridgehead atoms. The first-order valence-electron chi connectivity index (χ1n) is 6.68. The van der Waals surface area contributed by atoms with Crippen molar-refractivity contribution in [3.05, 3.63) is 52.0 Å². The Bertz CT molecular complexity index is 885. The van der Waals surface area contributed by atoms with Crippen LogP contribution in [0.2, 0.25) is 10.0 Å². The standard InChI is InChI=1S/C15H14Cl2N2O4S/c1-9-2-3-10(6-14(9)24(18,21)22)19-15(20)8-23-11-4-5-12(16)13(17)7-11/h2-7H,8H2,1H3,(H,19,20)(H2,18,21,22). The number of halogens is 2. The van der Waals surface area contributed by atoms with Crippen molar-refractivity contribution >= 4 is 44.8 Å². The lowest BCUT2D eigenvalue weighted by molar-refractivity contribution is -0.118. The Morgan fingerprint density at radius 1 is 1.17 bits per heavy atom. The number of aryl methyl sites for hydroxylation is 1. The van der Waals surface area contributed by atoms with Gasteiger partial charge in [-0.3, -0.25) is 4.79 Å². The molecule has 0 spiro atoms. The zero-order valence-corrected chi connectivity index (χ0v) is 14.9. The Balaban J connectivity index is 2.03. The molecule has 2 rings (SSSR count). The van der Waals surface area contributed by atoms with Crippen molar-refractivity contribution in [2.45, 2.75) is 11.8 Å². The molecule has 6 nitrogen and oxygen atoms in total. The van der Waals surface area contributed by atoms with Crippen molar-refractivity contribution in [3.63, 3.8) is 0 Å². The van der Waals surface area contributed by atoms with E-state index in [0.717, 1.165) is 0 Å². The van der Waals surface area contributed by atoms with Crippen molar-refractivity contribution in [1.29, 1.82) is 0 Å². The number of amides is 1. The summed E-state index contributed by atoms with van der Waals surface area (Å²) in [4.78, 5) is 11.9. The highest BCUT2D eigenvalue weighted by Gasteiger charge is 2.13. The molecule has 0 aromatic heterocycles. The fourth-order valence-corrected chi connectivity index (χ4v) is 2.99. The van der Waals surface area contributed by atoms with E-state index in [0.29, 0.717) is 27.0 Å². The third-order valence-electron chi connectivity index (χ3n) is 3.04. The maximum atomic E-state index is 11.9. The topological polar surface area (TPSA) is 98.5 Å². The number of rotatable bonds is 5. The minimum absolute atomic E-state index is 0.0503. The number of carbonyl (C=O) groups is 1. The average Bonchev–Trinajstić information content (AvgIpc) is 2.49. The van der Waals surface area contributed by atoms with Crippen LogP contribution in [-0.4, -0.2) is 20.9 Å². The van der Waals surface area contributed by atoms with Gasteiger partial charge in [0.05, 0.1) is 14.9 Å². The molecule has 24 heavy (non-hydrogen) atoms. The Morgan fingerprint density at radius 3 is 2.50 bits per heavy atom. The van der Waals surface area contributed by atoms with Gasteiger partial charge in [-0.25, -0.2) is 13.6 Å². The summed E-state index contributed by atoms with van der Waals surface area (Å²) >= 11 is 11.6. The minimum Gasteiger partial charge on any atom is -0.484 e. The van der Waals surface area contributed by atoms with Gasteiger partial charge in [-0.15, -0.1) is 0 Å². The summed E-state index contributed by atoms with van der Waals surface area (Å²) in [6.45, 7) is 1.33. The molecule has 1 amide bonds. The Hall–Kier alpha value is -1.80. The lowest BCUT2D eigenvalue weighted by Crippen LogP contribution is -2.21. The van der Waals surface area contributed by atoms with E-state index in [1.165, 1.54) is 12.1 Å². The molecule has 2 aromatic carbocycles. The fourth-order valence-electron chi connectivity index (χ4n) is 1.90. The monoisotopic (exact) mass is 388 g/mol. The molecule has 3 N–H and O–H groups in total. The van der Waals surface area contributed by atoms with Crippen LogP contribution in [0.1, 0.15) is 5.56 Å². The average molecular weight is 389 g/mol. The quantitative estimate of drug-likeness (QED) is 0.822. The number of sulfonamides is 1. The molecule has 0 aliphatic heterocycles. The number of hydrogen-bond acceptors (Lipinski definition) is 4. The van der Waals surface area contributed by atoms with Crippen LogP contribution in [0.25, 0.3) is 0 Å². The first kappa shape index (κ1) is 18.5. The van der Waals surface area contributed by atoms with Gasteiger partial charge in [-0.05, 0) is 36.8 Å². The highest BCUT2D eigenvalue weighted by molar-refractivity contribution is 7.89. The van der Waals surface area contributed by atoms with E-state index in [1.54, 1.807) is 31.2 Å². The molecule has 128 valence electrons. The molecule has 0 atom stereocenters. The predicted molar refractivity (Wildman–Crippen MR) is 93.1 cm³/mol. The van der Waals surface area contributed by atoms with E-state index in [1.807, 2.05) is 0 Å². The van der Waals surface area contributed by atoms with E-state index in [2.05, 4.69) is 5.32 Å². The van der Waals surface area contributed by atoms with Crippen LogP contribution in [0.5, 0.6) is 5.75 Å². The summed E-state index contributed by atoms with van der Waals surface area (Å²) in [5, 5.41) is 8.35. The lowest BCUT2D eigenvalue weighted by atomic mass is 10.2. The van der Waals surface area contributed by atoms with E-state index >= 15 is 0 Å². The molecule has 2 aromatic rings. The second-order valence-corrected chi connectivity index (χ2v) is 7.28. The SMILES string of the molecule is Cc1ccc(NC(=O)COc2ccc(Cl)c(Cl)c2)cc1S(N)(=O)=O. The van der Waals surface area contributed by atoms with Gasteiger partial charge < -0.3 is 10.1 Å². The number of nitrogens with two attached hydrogens (primary N) is 1. The number of anilines is 1. The minimum atomic E-state index is -3.87.